The Morgan fingerprint density at radius 1 is 1.39 bits per heavy atom. The lowest BCUT2D eigenvalue weighted by Gasteiger charge is -2.19. The minimum Gasteiger partial charge on any atom is -0.495 e. The summed E-state index contributed by atoms with van der Waals surface area (Å²) in [6.45, 7) is 1.37. The van der Waals surface area contributed by atoms with Crippen LogP contribution in [0.2, 0.25) is 0 Å². The van der Waals surface area contributed by atoms with Crippen molar-refractivity contribution in [1.82, 2.24) is 0 Å². The Labute approximate surface area is 117 Å². The molecule has 1 aromatic rings. The number of nitrogens with one attached hydrogen (secondary N) is 1. The van der Waals surface area contributed by atoms with Crippen molar-refractivity contribution in [2.75, 3.05) is 32.7 Å². The molecule has 0 fully saturated rings. The van der Waals surface area contributed by atoms with Crippen LogP contribution in [0.1, 0.15) is 12.8 Å². The molecule has 0 heterocycles. The van der Waals surface area contributed by atoms with E-state index in [9.17, 15) is 0 Å². The van der Waals surface area contributed by atoms with E-state index in [0.717, 1.165) is 28.8 Å². The molecule has 0 aliphatic carbocycles. The number of benzene rings is 1. The van der Waals surface area contributed by atoms with Crippen LogP contribution >= 0.6 is 15.9 Å². The third-order valence-electron chi connectivity index (χ3n) is 2.65. The minimum absolute atomic E-state index is 0.268. The van der Waals surface area contributed by atoms with E-state index in [1.54, 1.807) is 14.2 Å². The summed E-state index contributed by atoms with van der Waals surface area (Å²) in [5.74, 6) is 0.815. The molecule has 102 valence electrons. The smallest absolute Gasteiger partial charge is 0.135 e. The number of nitrogens with two attached hydrogens (primary N) is 1. The molecule has 0 saturated carbocycles. The zero-order valence-corrected chi connectivity index (χ0v) is 12.5. The zero-order chi connectivity index (χ0) is 13.4. The van der Waals surface area contributed by atoms with Crippen molar-refractivity contribution in [3.8, 4) is 5.75 Å². The van der Waals surface area contributed by atoms with E-state index in [4.69, 9.17) is 15.2 Å². The van der Waals surface area contributed by atoms with Gasteiger partial charge in [0.2, 0.25) is 0 Å². The number of anilines is 1. The summed E-state index contributed by atoms with van der Waals surface area (Å²) >= 11 is 3.44. The van der Waals surface area contributed by atoms with Gasteiger partial charge in [0.1, 0.15) is 5.75 Å². The summed E-state index contributed by atoms with van der Waals surface area (Å²) in [6, 6.07) is 6.21. The van der Waals surface area contributed by atoms with E-state index >= 15 is 0 Å². The van der Waals surface area contributed by atoms with Gasteiger partial charge in [-0.15, -0.1) is 0 Å². The number of halogens is 1. The van der Waals surface area contributed by atoms with E-state index in [0.29, 0.717) is 13.2 Å². The summed E-state index contributed by atoms with van der Waals surface area (Å²) < 4.78 is 11.4. The SMILES string of the molecule is COCC(CCCN)Nc1ccc(Br)c(OC)c1. The van der Waals surface area contributed by atoms with Crippen LogP contribution in [0.25, 0.3) is 0 Å². The van der Waals surface area contributed by atoms with Crippen LogP contribution in [0, 0.1) is 0 Å². The lowest BCUT2D eigenvalue weighted by molar-refractivity contribution is 0.182. The fourth-order valence-corrected chi connectivity index (χ4v) is 2.16. The van der Waals surface area contributed by atoms with Gasteiger partial charge in [-0.3, -0.25) is 0 Å². The Hall–Kier alpha value is -0.780. The fourth-order valence-electron chi connectivity index (χ4n) is 1.75. The van der Waals surface area contributed by atoms with E-state index in [2.05, 4.69) is 21.2 Å². The summed E-state index contributed by atoms with van der Waals surface area (Å²) in [6.07, 6.45) is 1.97. The maximum absolute atomic E-state index is 5.54. The molecule has 4 nitrogen and oxygen atoms in total. The second-order valence-corrected chi connectivity index (χ2v) is 4.93. The molecule has 1 atom stereocenters. The van der Waals surface area contributed by atoms with Gasteiger partial charge in [0.25, 0.3) is 0 Å². The Morgan fingerprint density at radius 2 is 2.17 bits per heavy atom. The molecule has 1 rings (SSSR count). The van der Waals surface area contributed by atoms with Crippen LogP contribution in [0.5, 0.6) is 5.75 Å². The maximum atomic E-state index is 5.54. The maximum Gasteiger partial charge on any atom is 0.135 e. The average Bonchev–Trinajstić information content (AvgIpc) is 2.38. The Bertz CT molecular complexity index is 361. The molecule has 0 bridgehead atoms. The van der Waals surface area contributed by atoms with Gasteiger partial charge in [0.15, 0.2) is 0 Å². The molecule has 1 aromatic carbocycles. The van der Waals surface area contributed by atoms with Gasteiger partial charge in [-0.1, -0.05) is 0 Å². The minimum atomic E-state index is 0.268. The highest BCUT2D eigenvalue weighted by atomic mass is 79.9. The standard InChI is InChI=1S/C13H21BrN2O2/c1-17-9-11(4-3-7-15)16-10-5-6-12(14)13(8-10)18-2/h5-6,8,11,16H,3-4,7,9,15H2,1-2H3. The number of hydrogen-bond acceptors (Lipinski definition) is 4. The summed E-state index contributed by atoms with van der Waals surface area (Å²) in [5.41, 5.74) is 6.56. The van der Waals surface area contributed by atoms with Crippen molar-refractivity contribution in [3.63, 3.8) is 0 Å². The van der Waals surface area contributed by atoms with Crippen LogP contribution in [-0.4, -0.2) is 33.4 Å². The van der Waals surface area contributed by atoms with Gasteiger partial charge in [-0.05, 0) is 47.4 Å². The van der Waals surface area contributed by atoms with Crippen molar-refractivity contribution in [2.45, 2.75) is 18.9 Å². The molecule has 0 spiro atoms. The van der Waals surface area contributed by atoms with Crippen molar-refractivity contribution in [3.05, 3.63) is 22.7 Å². The van der Waals surface area contributed by atoms with Crippen molar-refractivity contribution < 1.29 is 9.47 Å². The Kier molecular flexibility index (Phi) is 7.08. The molecular formula is C13H21BrN2O2. The first-order chi connectivity index (χ1) is 8.71. The first-order valence-corrected chi connectivity index (χ1v) is 6.79. The quantitative estimate of drug-likeness (QED) is 0.774. The highest BCUT2D eigenvalue weighted by Crippen LogP contribution is 2.28. The van der Waals surface area contributed by atoms with Crippen LogP contribution in [0.4, 0.5) is 5.69 Å². The molecule has 3 N–H and O–H groups in total. The molecule has 0 radical (unpaired) electrons. The molecule has 18 heavy (non-hydrogen) atoms. The highest BCUT2D eigenvalue weighted by Gasteiger charge is 2.09. The average molecular weight is 317 g/mol. The van der Waals surface area contributed by atoms with Crippen LogP contribution < -0.4 is 15.8 Å². The van der Waals surface area contributed by atoms with Gasteiger partial charge in [0, 0.05) is 24.9 Å². The third kappa shape index (κ3) is 4.84. The summed E-state index contributed by atoms with van der Waals surface area (Å²) in [5, 5.41) is 3.44. The van der Waals surface area contributed by atoms with E-state index in [-0.39, 0.29) is 6.04 Å². The van der Waals surface area contributed by atoms with Gasteiger partial charge in [0.05, 0.1) is 18.2 Å². The van der Waals surface area contributed by atoms with Crippen LogP contribution in [0.15, 0.2) is 22.7 Å². The topological polar surface area (TPSA) is 56.5 Å². The molecule has 1 unspecified atom stereocenters. The summed E-state index contributed by atoms with van der Waals surface area (Å²) in [7, 11) is 3.37. The van der Waals surface area contributed by atoms with Crippen molar-refractivity contribution >= 4 is 21.6 Å². The van der Waals surface area contributed by atoms with Crippen molar-refractivity contribution in [2.24, 2.45) is 5.73 Å². The molecule has 0 aliphatic rings. The lowest BCUT2D eigenvalue weighted by atomic mass is 10.1. The number of hydrogen-bond donors (Lipinski definition) is 2. The Morgan fingerprint density at radius 3 is 2.78 bits per heavy atom. The molecule has 0 aromatic heterocycles. The van der Waals surface area contributed by atoms with Gasteiger partial charge in [-0.25, -0.2) is 0 Å². The number of methoxy groups -OCH3 is 2. The molecular weight excluding hydrogens is 296 g/mol. The number of rotatable bonds is 8. The predicted octanol–water partition coefficient (Wildman–Crippen LogP) is 2.62. The van der Waals surface area contributed by atoms with E-state index < -0.39 is 0 Å². The summed E-state index contributed by atoms with van der Waals surface area (Å²) in [4.78, 5) is 0. The second kappa shape index (κ2) is 8.34. The fraction of sp³-hybridized carbons (Fsp3) is 0.538. The molecule has 5 heteroatoms. The zero-order valence-electron chi connectivity index (χ0n) is 10.9. The first-order valence-electron chi connectivity index (χ1n) is 6.00. The normalized spacial score (nSPS) is 12.2. The van der Waals surface area contributed by atoms with E-state index in [1.807, 2.05) is 18.2 Å². The third-order valence-corrected chi connectivity index (χ3v) is 3.30. The monoisotopic (exact) mass is 316 g/mol. The molecule has 0 aliphatic heterocycles. The lowest BCUT2D eigenvalue weighted by Crippen LogP contribution is -2.25. The number of ether oxygens (including phenoxy) is 2. The van der Waals surface area contributed by atoms with Gasteiger partial charge in [-0.2, -0.15) is 0 Å². The molecule has 0 saturated heterocycles. The van der Waals surface area contributed by atoms with Crippen molar-refractivity contribution in [1.29, 1.82) is 0 Å². The first kappa shape index (κ1) is 15.3. The van der Waals surface area contributed by atoms with Crippen LogP contribution in [0.3, 0.4) is 0 Å². The second-order valence-electron chi connectivity index (χ2n) is 4.08. The van der Waals surface area contributed by atoms with Crippen LogP contribution in [-0.2, 0) is 4.74 Å². The van der Waals surface area contributed by atoms with E-state index in [1.165, 1.54) is 0 Å². The largest absolute Gasteiger partial charge is 0.495 e. The highest BCUT2D eigenvalue weighted by molar-refractivity contribution is 9.10. The molecule has 0 amide bonds. The van der Waals surface area contributed by atoms with Gasteiger partial charge < -0.3 is 20.5 Å². The van der Waals surface area contributed by atoms with Gasteiger partial charge >= 0.3 is 0 Å². The Balaban J connectivity index is 2.67. The predicted molar refractivity (Wildman–Crippen MR) is 78.3 cm³/mol.